The Morgan fingerprint density at radius 3 is 2.27 bits per heavy atom. The first-order chi connectivity index (χ1) is 12.5. The Bertz CT molecular complexity index is 913. The Morgan fingerprint density at radius 2 is 1.65 bits per heavy atom. The highest BCUT2D eigenvalue weighted by molar-refractivity contribution is 7.98. The average Bonchev–Trinajstić information content (AvgIpc) is 2.66. The van der Waals surface area contributed by atoms with Crippen molar-refractivity contribution < 1.29 is 9.47 Å². The van der Waals surface area contributed by atoms with Crippen LogP contribution >= 0.6 is 11.8 Å². The van der Waals surface area contributed by atoms with E-state index in [2.05, 4.69) is 52.7 Å². The average molecular weight is 369 g/mol. The molecular weight excluding hydrogens is 346 g/mol. The summed E-state index contributed by atoms with van der Waals surface area (Å²) in [7, 11) is 3.25. The summed E-state index contributed by atoms with van der Waals surface area (Å²) in [4.78, 5) is 10.4. The summed E-state index contributed by atoms with van der Waals surface area (Å²) in [5.74, 6) is 2.81. The molecule has 1 atom stereocenters. The van der Waals surface area contributed by atoms with E-state index < -0.39 is 0 Å². The number of fused-ring (bicyclic) bond motifs is 1. The third kappa shape index (κ3) is 3.70. The number of ether oxygens (including phenoxy) is 2. The minimum absolute atomic E-state index is 0.108. The molecule has 3 aromatic rings. The van der Waals surface area contributed by atoms with Gasteiger partial charge >= 0.3 is 0 Å². The van der Waals surface area contributed by atoms with Crippen LogP contribution in [0.4, 0.5) is 5.82 Å². The maximum atomic E-state index is 5.43. The Kier molecular flexibility index (Phi) is 5.52. The van der Waals surface area contributed by atoms with Gasteiger partial charge in [0, 0.05) is 22.4 Å². The third-order valence-corrected chi connectivity index (χ3v) is 5.03. The van der Waals surface area contributed by atoms with Crippen molar-refractivity contribution in [3.63, 3.8) is 0 Å². The zero-order valence-corrected chi connectivity index (χ0v) is 16.5. The SMILES string of the molecule is COc1cc2nc(C)nc(N[C@H](C)c3ccc(SC)cc3)c2cc1OC. The highest BCUT2D eigenvalue weighted by atomic mass is 32.2. The van der Waals surface area contributed by atoms with Gasteiger partial charge < -0.3 is 14.8 Å². The van der Waals surface area contributed by atoms with Crippen molar-refractivity contribution in [2.24, 2.45) is 0 Å². The first-order valence-electron chi connectivity index (χ1n) is 8.36. The third-order valence-electron chi connectivity index (χ3n) is 4.28. The van der Waals surface area contributed by atoms with Crippen molar-refractivity contribution in [1.82, 2.24) is 9.97 Å². The monoisotopic (exact) mass is 369 g/mol. The molecule has 1 N–H and O–H groups in total. The van der Waals surface area contributed by atoms with Gasteiger partial charge in [-0.2, -0.15) is 0 Å². The molecule has 0 amide bonds. The largest absolute Gasteiger partial charge is 0.493 e. The number of aromatic nitrogens is 2. The standard InChI is InChI=1S/C20H23N3O2S/c1-12(14-6-8-15(26-5)9-7-14)21-20-16-10-18(24-3)19(25-4)11-17(16)22-13(2)23-20/h6-12H,1-5H3,(H,21,22,23)/t12-/m1/s1. The number of rotatable bonds is 6. The molecule has 2 aromatic carbocycles. The van der Waals surface area contributed by atoms with Crippen LogP contribution in [0.5, 0.6) is 11.5 Å². The fourth-order valence-electron chi connectivity index (χ4n) is 2.86. The first kappa shape index (κ1) is 18.3. The Morgan fingerprint density at radius 1 is 1.00 bits per heavy atom. The van der Waals surface area contributed by atoms with Crippen LogP contribution in [0.2, 0.25) is 0 Å². The summed E-state index contributed by atoms with van der Waals surface area (Å²) < 4.78 is 10.8. The topological polar surface area (TPSA) is 56.3 Å². The lowest BCUT2D eigenvalue weighted by Gasteiger charge is -2.18. The molecule has 26 heavy (non-hydrogen) atoms. The number of thioether (sulfide) groups is 1. The normalized spacial score (nSPS) is 12.0. The van der Waals surface area contributed by atoms with Crippen LogP contribution in [0.3, 0.4) is 0 Å². The molecule has 0 radical (unpaired) electrons. The lowest BCUT2D eigenvalue weighted by molar-refractivity contribution is 0.356. The van der Waals surface area contributed by atoms with Gasteiger partial charge in [0.2, 0.25) is 0 Å². The molecule has 1 aromatic heterocycles. The molecule has 0 aliphatic carbocycles. The number of aryl methyl sites for hydroxylation is 1. The summed E-state index contributed by atoms with van der Waals surface area (Å²) in [6.07, 6.45) is 2.08. The van der Waals surface area contributed by atoms with E-state index in [1.807, 2.05) is 19.1 Å². The van der Waals surface area contributed by atoms with Crippen LogP contribution in [0.15, 0.2) is 41.3 Å². The van der Waals surface area contributed by atoms with Crippen molar-refractivity contribution in [2.75, 3.05) is 25.8 Å². The van der Waals surface area contributed by atoms with Gasteiger partial charge in [0.15, 0.2) is 11.5 Å². The van der Waals surface area contributed by atoms with E-state index in [1.165, 1.54) is 10.5 Å². The van der Waals surface area contributed by atoms with Crippen LogP contribution in [0.1, 0.15) is 24.4 Å². The molecule has 3 rings (SSSR count). The number of nitrogens with one attached hydrogen (secondary N) is 1. The summed E-state index contributed by atoms with van der Waals surface area (Å²) in [5, 5.41) is 4.42. The molecule has 0 spiro atoms. The van der Waals surface area contributed by atoms with Crippen LogP contribution in [0.25, 0.3) is 10.9 Å². The molecule has 1 heterocycles. The van der Waals surface area contributed by atoms with E-state index in [-0.39, 0.29) is 6.04 Å². The summed E-state index contributed by atoms with van der Waals surface area (Å²) in [5.41, 5.74) is 2.02. The van der Waals surface area contributed by atoms with Crippen molar-refractivity contribution in [3.8, 4) is 11.5 Å². The fraction of sp³-hybridized carbons (Fsp3) is 0.300. The van der Waals surface area contributed by atoms with Gasteiger partial charge in [-0.1, -0.05) is 12.1 Å². The first-order valence-corrected chi connectivity index (χ1v) is 9.59. The van der Waals surface area contributed by atoms with Gasteiger partial charge in [-0.15, -0.1) is 11.8 Å². The summed E-state index contributed by atoms with van der Waals surface area (Å²) in [6, 6.07) is 12.5. The Hall–Kier alpha value is -2.47. The molecule has 0 aliphatic heterocycles. The number of methoxy groups -OCH3 is 2. The molecule has 6 heteroatoms. The molecule has 0 bridgehead atoms. The lowest BCUT2D eigenvalue weighted by atomic mass is 10.1. The van der Waals surface area contributed by atoms with Crippen molar-refractivity contribution in [2.45, 2.75) is 24.8 Å². The van der Waals surface area contributed by atoms with E-state index in [0.29, 0.717) is 17.3 Å². The minimum atomic E-state index is 0.108. The quantitative estimate of drug-likeness (QED) is 0.627. The van der Waals surface area contributed by atoms with Crippen molar-refractivity contribution in [1.29, 1.82) is 0 Å². The highest BCUT2D eigenvalue weighted by Gasteiger charge is 2.14. The molecule has 5 nitrogen and oxygen atoms in total. The zero-order valence-electron chi connectivity index (χ0n) is 15.7. The number of anilines is 1. The lowest BCUT2D eigenvalue weighted by Crippen LogP contribution is -2.09. The smallest absolute Gasteiger partial charge is 0.162 e. The second kappa shape index (κ2) is 7.83. The Labute approximate surface area is 158 Å². The van der Waals surface area contributed by atoms with Gasteiger partial charge in [0.05, 0.1) is 19.7 Å². The van der Waals surface area contributed by atoms with Crippen LogP contribution in [-0.2, 0) is 0 Å². The Balaban J connectivity index is 2.00. The van der Waals surface area contributed by atoms with Crippen LogP contribution < -0.4 is 14.8 Å². The van der Waals surface area contributed by atoms with Gasteiger partial charge in [0.25, 0.3) is 0 Å². The van der Waals surface area contributed by atoms with E-state index >= 15 is 0 Å². The van der Waals surface area contributed by atoms with E-state index in [1.54, 1.807) is 26.0 Å². The zero-order chi connectivity index (χ0) is 18.7. The summed E-state index contributed by atoms with van der Waals surface area (Å²) >= 11 is 1.74. The van der Waals surface area contributed by atoms with Crippen molar-refractivity contribution in [3.05, 3.63) is 47.8 Å². The highest BCUT2D eigenvalue weighted by Crippen LogP contribution is 2.35. The van der Waals surface area contributed by atoms with Crippen molar-refractivity contribution >= 4 is 28.5 Å². The predicted octanol–water partition coefficient (Wildman–Crippen LogP) is 4.85. The fourth-order valence-corrected chi connectivity index (χ4v) is 3.27. The minimum Gasteiger partial charge on any atom is -0.493 e. The summed E-state index contributed by atoms with van der Waals surface area (Å²) in [6.45, 7) is 4.01. The van der Waals surface area contributed by atoms with Gasteiger partial charge in [-0.25, -0.2) is 9.97 Å². The van der Waals surface area contributed by atoms with Gasteiger partial charge in [0.1, 0.15) is 11.6 Å². The molecule has 0 aliphatic rings. The number of benzene rings is 2. The maximum absolute atomic E-state index is 5.43. The van der Waals surface area contributed by atoms with E-state index in [9.17, 15) is 0 Å². The van der Waals surface area contributed by atoms with E-state index in [4.69, 9.17) is 9.47 Å². The van der Waals surface area contributed by atoms with Gasteiger partial charge in [-0.05, 0) is 43.9 Å². The van der Waals surface area contributed by atoms with E-state index in [0.717, 1.165) is 16.7 Å². The molecule has 0 unspecified atom stereocenters. The molecule has 0 saturated heterocycles. The number of nitrogens with zero attached hydrogens (tertiary/aromatic N) is 2. The maximum Gasteiger partial charge on any atom is 0.162 e. The van der Waals surface area contributed by atoms with Gasteiger partial charge in [-0.3, -0.25) is 0 Å². The second-order valence-corrected chi connectivity index (χ2v) is 6.86. The predicted molar refractivity (Wildman–Crippen MR) is 108 cm³/mol. The second-order valence-electron chi connectivity index (χ2n) is 5.98. The molecule has 0 saturated carbocycles. The molecular formula is C20H23N3O2S. The molecule has 0 fully saturated rings. The number of hydrogen-bond acceptors (Lipinski definition) is 6. The number of hydrogen-bond donors (Lipinski definition) is 1. The van der Waals surface area contributed by atoms with Crippen LogP contribution in [-0.4, -0.2) is 30.4 Å². The molecule has 136 valence electrons. The van der Waals surface area contributed by atoms with Crippen LogP contribution in [0, 0.1) is 6.92 Å².